The van der Waals surface area contributed by atoms with Gasteiger partial charge < -0.3 is 23.9 Å². The molecule has 4 rings (SSSR count). The number of hydrogen-bond acceptors (Lipinski definition) is 4. The summed E-state index contributed by atoms with van der Waals surface area (Å²) in [6.07, 6.45) is -5.96. The molecule has 194 valence electrons. The topological polar surface area (TPSA) is 69.9 Å². The highest BCUT2D eigenvalue weighted by atomic mass is 35.5. The van der Waals surface area contributed by atoms with Crippen molar-refractivity contribution in [2.75, 3.05) is 0 Å². The van der Waals surface area contributed by atoms with E-state index in [9.17, 15) is 18.0 Å². The lowest BCUT2D eigenvalue weighted by Gasteiger charge is -2.15. The van der Waals surface area contributed by atoms with Crippen LogP contribution in [0, 0.1) is 6.92 Å². The molecule has 1 heterocycles. The lowest BCUT2D eigenvalue weighted by Crippen LogP contribution is -2.22. The zero-order valence-corrected chi connectivity index (χ0v) is 21.0. The van der Waals surface area contributed by atoms with E-state index in [2.05, 4.69) is 4.74 Å². The van der Waals surface area contributed by atoms with Crippen LogP contribution in [-0.4, -0.2) is 28.1 Å². The Hall–Kier alpha value is -3.56. The Labute approximate surface area is 219 Å². The summed E-state index contributed by atoms with van der Waals surface area (Å²) in [5.41, 5.74) is 1.57. The molecular weight excluding hydrogens is 534 g/mol. The molecular formula is C26H20Cl2F3NO5. The number of hydrogen-bond donors (Lipinski definition) is 1. The first-order valence-corrected chi connectivity index (χ1v) is 11.7. The summed E-state index contributed by atoms with van der Waals surface area (Å²) in [7, 11) is 0. The fraction of sp³-hybridized carbons (Fsp3) is 0.192. The number of aromatic nitrogens is 1. The van der Waals surface area contributed by atoms with Gasteiger partial charge >= 0.3 is 12.3 Å². The number of carbonyl (C=O) groups is 1. The number of aliphatic carboxylic acids is 1. The molecule has 1 aromatic heterocycles. The Bertz CT molecular complexity index is 1450. The van der Waals surface area contributed by atoms with Gasteiger partial charge in [0.15, 0.2) is 11.9 Å². The standard InChI is InChI=1S/C26H20Cl2F3NO5/c1-14-24(36-18-5-3-17(27)4-6-18)21-9-7-20(37-26(29,30)31)12-23(21)32(14)13-16-11-19(8-10-22(16)28)35-15(2)25(33)34/h3-12,15H,13H2,1-2H3,(H,33,34)/t15-/m0/s1. The number of fused-ring (bicyclic) bond motifs is 1. The smallest absolute Gasteiger partial charge is 0.479 e. The van der Waals surface area contributed by atoms with Crippen molar-refractivity contribution >= 4 is 40.1 Å². The first kappa shape index (κ1) is 26.5. The molecule has 1 N–H and O–H groups in total. The summed E-state index contributed by atoms with van der Waals surface area (Å²) < 4.78 is 56.2. The third kappa shape index (κ3) is 6.23. The second kappa shape index (κ2) is 10.4. The molecule has 0 aliphatic carbocycles. The molecule has 0 fully saturated rings. The monoisotopic (exact) mass is 553 g/mol. The van der Waals surface area contributed by atoms with E-state index in [1.165, 1.54) is 31.2 Å². The fourth-order valence-electron chi connectivity index (χ4n) is 3.75. The number of ether oxygens (including phenoxy) is 3. The summed E-state index contributed by atoms with van der Waals surface area (Å²) >= 11 is 12.4. The largest absolute Gasteiger partial charge is 0.573 e. The van der Waals surface area contributed by atoms with Crippen molar-refractivity contribution in [3.05, 3.63) is 82.0 Å². The molecule has 6 nitrogen and oxygen atoms in total. The van der Waals surface area contributed by atoms with E-state index in [1.54, 1.807) is 47.9 Å². The van der Waals surface area contributed by atoms with Gasteiger partial charge in [0, 0.05) is 28.0 Å². The molecule has 0 saturated carbocycles. The second-order valence-corrected chi connectivity index (χ2v) is 8.98. The van der Waals surface area contributed by atoms with Gasteiger partial charge in [-0.25, -0.2) is 4.79 Å². The highest BCUT2D eigenvalue weighted by Crippen LogP contribution is 2.39. The van der Waals surface area contributed by atoms with Crippen LogP contribution in [0.15, 0.2) is 60.7 Å². The van der Waals surface area contributed by atoms with Crippen molar-refractivity contribution in [2.45, 2.75) is 32.9 Å². The van der Waals surface area contributed by atoms with Crippen LogP contribution in [0.1, 0.15) is 18.2 Å². The molecule has 0 spiro atoms. The van der Waals surface area contributed by atoms with Gasteiger partial charge in [-0.15, -0.1) is 13.2 Å². The number of halogens is 5. The Morgan fingerprint density at radius 2 is 1.65 bits per heavy atom. The Morgan fingerprint density at radius 1 is 1.00 bits per heavy atom. The molecule has 37 heavy (non-hydrogen) atoms. The van der Waals surface area contributed by atoms with Gasteiger partial charge in [-0.1, -0.05) is 23.2 Å². The zero-order valence-electron chi connectivity index (χ0n) is 19.5. The predicted molar refractivity (Wildman–Crippen MR) is 133 cm³/mol. The normalized spacial score (nSPS) is 12.4. The van der Waals surface area contributed by atoms with E-state index in [0.29, 0.717) is 43.7 Å². The molecule has 0 saturated heterocycles. The van der Waals surface area contributed by atoms with Crippen molar-refractivity contribution in [1.82, 2.24) is 4.57 Å². The highest BCUT2D eigenvalue weighted by molar-refractivity contribution is 6.31. The number of carboxylic acid groups (broad SMARTS) is 1. The van der Waals surface area contributed by atoms with Crippen LogP contribution in [0.5, 0.6) is 23.0 Å². The maximum absolute atomic E-state index is 12.9. The summed E-state index contributed by atoms with van der Waals surface area (Å²) in [5, 5.41) is 10.6. The summed E-state index contributed by atoms with van der Waals surface area (Å²) in [5.74, 6) is -0.334. The van der Waals surface area contributed by atoms with E-state index in [-0.39, 0.29) is 12.3 Å². The molecule has 3 aromatic carbocycles. The lowest BCUT2D eigenvalue weighted by molar-refractivity contribution is -0.274. The third-order valence-electron chi connectivity index (χ3n) is 5.51. The van der Waals surface area contributed by atoms with E-state index >= 15 is 0 Å². The van der Waals surface area contributed by atoms with Crippen LogP contribution in [0.25, 0.3) is 10.9 Å². The number of rotatable bonds is 8. The molecule has 0 unspecified atom stereocenters. The number of nitrogens with zero attached hydrogens (tertiary/aromatic N) is 1. The molecule has 0 aliphatic heterocycles. The molecule has 1 atom stereocenters. The van der Waals surface area contributed by atoms with E-state index < -0.39 is 24.2 Å². The molecule has 4 aromatic rings. The van der Waals surface area contributed by atoms with Crippen LogP contribution >= 0.6 is 23.2 Å². The minimum absolute atomic E-state index is 0.124. The van der Waals surface area contributed by atoms with Crippen LogP contribution in [-0.2, 0) is 11.3 Å². The Kier molecular flexibility index (Phi) is 7.47. The Morgan fingerprint density at radius 3 is 2.30 bits per heavy atom. The number of carboxylic acids is 1. The average molecular weight is 554 g/mol. The summed E-state index contributed by atoms with van der Waals surface area (Å²) in [6.45, 7) is 3.28. The quantitative estimate of drug-likeness (QED) is 0.240. The van der Waals surface area contributed by atoms with Gasteiger partial charge in [0.1, 0.15) is 17.2 Å². The highest BCUT2D eigenvalue weighted by Gasteiger charge is 2.31. The van der Waals surface area contributed by atoms with Crippen molar-refractivity contribution < 1.29 is 37.3 Å². The van der Waals surface area contributed by atoms with Crippen LogP contribution < -0.4 is 14.2 Å². The molecule has 0 bridgehead atoms. The maximum Gasteiger partial charge on any atom is 0.573 e. The van der Waals surface area contributed by atoms with Gasteiger partial charge in [-0.05, 0) is 74.0 Å². The summed E-state index contributed by atoms with van der Waals surface area (Å²) in [4.78, 5) is 11.2. The molecule has 0 radical (unpaired) electrons. The Balaban J connectivity index is 1.79. The SMILES string of the molecule is Cc1c(Oc2ccc(Cl)cc2)c2ccc(OC(F)(F)F)cc2n1Cc1cc(O[C@@H](C)C(=O)O)ccc1Cl. The van der Waals surface area contributed by atoms with E-state index in [0.717, 1.165) is 0 Å². The lowest BCUT2D eigenvalue weighted by atomic mass is 10.2. The zero-order chi connectivity index (χ0) is 26.9. The molecule has 0 aliphatic rings. The first-order chi connectivity index (χ1) is 17.4. The van der Waals surface area contributed by atoms with Gasteiger partial charge in [-0.3, -0.25) is 0 Å². The van der Waals surface area contributed by atoms with Crippen molar-refractivity contribution in [1.29, 1.82) is 0 Å². The van der Waals surface area contributed by atoms with Gasteiger partial charge in [0.25, 0.3) is 0 Å². The third-order valence-corrected chi connectivity index (χ3v) is 6.13. The minimum atomic E-state index is -4.86. The van der Waals surface area contributed by atoms with E-state index in [1.807, 2.05) is 0 Å². The van der Waals surface area contributed by atoms with Gasteiger partial charge in [-0.2, -0.15) is 0 Å². The molecule has 11 heteroatoms. The maximum atomic E-state index is 12.9. The van der Waals surface area contributed by atoms with Crippen LogP contribution in [0.4, 0.5) is 13.2 Å². The van der Waals surface area contributed by atoms with Crippen LogP contribution in [0.3, 0.4) is 0 Å². The number of benzene rings is 3. The van der Waals surface area contributed by atoms with Crippen LogP contribution in [0.2, 0.25) is 10.0 Å². The fourth-order valence-corrected chi connectivity index (χ4v) is 4.05. The average Bonchev–Trinajstić information content (AvgIpc) is 3.06. The van der Waals surface area contributed by atoms with Crippen molar-refractivity contribution in [3.8, 4) is 23.0 Å². The van der Waals surface area contributed by atoms with Gasteiger partial charge in [0.2, 0.25) is 0 Å². The second-order valence-electron chi connectivity index (χ2n) is 8.13. The van der Waals surface area contributed by atoms with E-state index in [4.69, 9.17) is 37.8 Å². The summed E-state index contributed by atoms with van der Waals surface area (Å²) in [6, 6.07) is 15.3. The predicted octanol–water partition coefficient (Wildman–Crippen LogP) is 7.85. The van der Waals surface area contributed by atoms with Crippen molar-refractivity contribution in [2.24, 2.45) is 0 Å². The number of alkyl halides is 3. The van der Waals surface area contributed by atoms with Gasteiger partial charge in [0.05, 0.1) is 11.2 Å². The molecule has 0 amide bonds. The van der Waals surface area contributed by atoms with Crippen molar-refractivity contribution in [3.63, 3.8) is 0 Å². The minimum Gasteiger partial charge on any atom is -0.479 e. The first-order valence-electron chi connectivity index (χ1n) is 10.9.